The van der Waals surface area contributed by atoms with Crippen LogP contribution in [-0.2, 0) is 19.0 Å². The summed E-state index contributed by atoms with van der Waals surface area (Å²) in [6.07, 6.45) is 14.9. The summed E-state index contributed by atoms with van der Waals surface area (Å²) in [5.41, 5.74) is 0.846. The molecule has 256 valence electrons. The van der Waals surface area contributed by atoms with E-state index in [4.69, 9.17) is 14.2 Å². The third-order valence-electron chi connectivity index (χ3n) is 16.3. The van der Waals surface area contributed by atoms with E-state index in [0.717, 1.165) is 58.3 Å². The maximum atomic E-state index is 13.4. The van der Waals surface area contributed by atoms with E-state index in [1.165, 1.54) is 32.1 Å². The summed E-state index contributed by atoms with van der Waals surface area (Å²) in [5.74, 6) is 0.703. The number of hydrogen-bond donors (Lipinski definition) is 2. The van der Waals surface area contributed by atoms with E-state index in [9.17, 15) is 9.90 Å². The van der Waals surface area contributed by atoms with Gasteiger partial charge in [0.15, 0.2) is 0 Å². The van der Waals surface area contributed by atoms with E-state index >= 15 is 0 Å². The fraction of sp³-hybridized carbons (Fsp3) is 0.923. The summed E-state index contributed by atoms with van der Waals surface area (Å²) in [4.78, 5) is 13.4. The summed E-state index contributed by atoms with van der Waals surface area (Å²) < 4.78 is 20.1. The second-order valence-corrected chi connectivity index (χ2v) is 18.1. The molecular formula is C39H65NO5. The van der Waals surface area contributed by atoms with Gasteiger partial charge in [-0.1, -0.05) is 79.4 Å². The fourth-order valence-electron chi connectivity index (χ4n) is 13.0. The van der Waals surface area contributed by atoms with Gasteiger partial charge in [-0.15, -0.1) is 0 Å². The second-order valence-electron chi connectivity index (χ2n) is 18.1. The average molecular weight is 628 g/mol. The molecule has 2 bridgehead atoms. The third-order valence-corrected chi connectivity index (χ3v) is 16.3. The van der Waals surface area contributed by atoms with E-state index in [2.05, 4.69) is 66.9 Å². The zero-order chi connectivity index (χ0) is 32.6. The van der Waals surface area contributed by atoms with Crippen molar-refractivity contribution in [1.29, 1.82) is 0 Å². The number of aliphatic carboxylic acids is 1. The molecule has 0 spiro atoms. The van der Waals surface area contributed by atoms with Crippen LogP contribution in [0, 0.1) is 56.7 Å². The highest BCUT2D eigenvalue weighted by Gasteiger charge is 2.71. The molecule has 1 heterocycles. The maximum Gasteiger partial charge on any atom is 0.307 e. The Bertz CT molecular complexity index is 1160. The zero-order valence-electron chi connectivity index (χ0n) is 30.1. The normalized spacial score (nSPS) is 48.0. The van der Waals surface area contributed by atoms with E-state index in [1.807, 2.05) is 7.11 Å². The Hall–Kier alpha value is -0.950. The molecule has 0 aromatic carbocycles. The van der Waals surface area contributed by atoms with Gasteiger partial charge < -0.3 is 24.6 Å². The molecule has 5 aliphatic carbocycles. The van der Waals surface area contributed by atoms with Crippen LogP contribution in [0.15, 0.2) is 11.6 Å². The highest BCUT2D eigenvalue weighted by Crippen LogP contribution is 2.75. The van der Waals surface area contributed by atoms with E-state index in [1.54, 1.807) is 5.57 Å². The van der Waals surface area contributed by atoms with Gasteiger partial charge in [0, 0.05) is 23.5 Å². The molecule has 0 unspecified atom stereocenters. The van der Waals surface area contributed by atoms with Crippen molar-refractivity contribution in [2.75, 3.05) is 34.0 Å². The Morgan fingerprint density at radius 2 is 1.73 bits per heavy atom. The summed E-state index contributed by atoms with van der Waals surface area (Å²) in [6.45, 7) is 18.6. The lowest BCUT2D eigenvalue weighted by atomic mass is 9.34. The monoisotopic (exact) mass is 627 g/mol. The summed E-state index contributed by atoms with van der Waals surface area (Å²) in [7, 11) is 3.99. The largest absolute Gasteiger partial charge is 0.481 e. The number of carboxylic acid groups (broad SMARTS) is 1. The molecule has 0 aromatic heterocycles. The van der Waals surface area contributed by atoms with Gasteiger partial charge in [-0.3, -0.25) is 4.79 Å². The van der Waals surface area contributed by atoms with Gasteiger partial charge in [0.2, 0.25) is 0 Å². The second kappa shape index (κ2) is 11.6. The highest BCUT2D eigenvalue weighted by atomic mass is 16.5. The van der Waals surface area contributed by atoms with Gasteiger partial charge in [0.25, 0.3) is 0 Å². The highest BCUT2D eigenvalue weighted by molar-refractivity contribution is 5.73. The smallest absolute Gasteiger partial charge is 0.307 e. The van der Waals surface area contributed by atoms with Crippen molar-refractivity contribution in [1.82, 2.24) is 5.32 Å². The molecule has 6 heteroatoms. The lowest BCUT2D eigenvalue weighted by molar-refractivity contribution is -0.270. The lowest BCUT2D eigenvalue weighted by Crippen LogP contribution is -2.70. The third kappa shape index (κ3) is 4.71. The molecule has 1 aliphatic heterocycles. The average Bonchev–Trinajstić information content (AvgIpc) is 3.00. The van der Waals surface area contributed by atoms with Crippen LogP contribution >= 0.6 is 0 Å². The Balaban J connectivity index is 1.36. The van der Waals surface area contributed by atoms with Gasteiger partial charge in [-0.2, -0.15) is 0 Å². The number of fused-ring (bicyclic) bond motifs is 3. The Morgan fingerprint density at radius 3 is 2.36 bits per heavy atom. The number of carbonyl (C=O) groups is 1. The molecule has 6 nitrogen and oxygen atoms in total. The number of allylic oxidation sites excluding steroid dienone is 1. The number of methoxy groups -OCH3 is 1. The Labute approximate surface area is 274 Å². The molecule has 1 saturated heterocycles. The van der Waals surface area contributed by atoms with Crippen molar-refractivity contribution in [2.45, 2.75) is 137 Å². The molecule has 6 rings (SSSR count). The number of likely N-dealkylation sites (N-methyl/N-ethyl adjacent to an activating group) is 1. The van der Waals surface area contributed by atoms with Crippen LogP contribution in [-0.4, -0.2) is 62.8 Å². The predicted molar refractivity (Wildman–Crippen MR) is 179 cm³/mol. The first kappa shape index (κ1) is 33.9. The number of rotatable bonds is 8. The van der Waals surface area contributed by atoms with E-state index < -0.39 is 5.97 Å². The molecule has 6 aliphatic rings. The Kier molecular flexibility index (Phi) is 8.74. The molecule has 0 aromatic rings. The van der Waals surface area contributed by atoms with Crippen molar-refractivity contribution < 1.29 is 24.1 Å². The standard InChI is InChI=1S/C39H65NO5/c1-25(2)26(3)34(4)19-20-36(6)27-13-14-30-35(5)22-44-24-39(30,28(27)15-18-37(36,7)31(34)33(41)42)21-29(43-9)32(35)45-23-38(40-8)16-11-10-12-17-38/h15,25-27,29-32,40H,10-14,16-24H2,1-9H3,(H,41,42)/t26-,27+,29-,30+,31-,32+,34-,35-,36-,37+,39+/m1/s1. The summed E-state index contributed by atoms with van der Waals surface area (Å²) >= 11 is 0. The summed E-state index contributed by atoms with van der Waals surface area (Å²) in [6, 6.07) is 0. The van der Waals surface area contributed by atoms with Crippen LogP contribution in [0.25, 0.3) is 0 Å². The predicted octanol–water partition coefficient (Wildman–Crippen LogP) is 7.90. The van der Waals surface area contributed by atoms with Crippen molar-refractivity contribution in [3.8, 4) is 0 Å². The summed E-state index contributed by atoms with van der Waals surface area (Å²) in [5, 5.41) is 14.6. The van der Waals surface area contributed by atoms with Gasteiger partial charge >= 0.3 is 5.97 Å². The first-order valence-electron chi connectivity index (χ1n) is 18.5. The first-order chi connectivity index (χ1) is 21.2. The molecule has 4 saturated carbocycles. The van der Waals surface area contributed by atoms with Gasteiger partial charge in [0.1, 0.15) is 0 Å². The minimum Gasteiger partial charge on any atom is -0.481 e. The molecule has 5 fully saturated rings. The minimum atomic E-state index is -0.592. The van der Waals surface area contributed by atoms with Crippen molar-refractivity contribution in [3.63, 3.8) is 0 Å². The lowest BCUT2D eigenvalue weighted by Gasteiger charge is -2.71. The first-order valence-corrected chi connectivity index (χ1v) is 18.5. The SMILES string of the molecule is CNC1(CO[C@H]2[C@H](OC)C[C@@]34COC[C@]2(C)[C@@H]3CC[C@H]2C4=CC[C@@]3(C)[C@H](C(=O)O)[C@@](C)([C@H](C)C(C)C)CC[C@]23C)CCCCC1. The minimum absolute atomic E-state index is 0.000954. The molecule has 11 atom stereocenters. The Morgan fingerprint density at radius 1 is 1.02 bits per heavy atom. The molecule has 0 radical (unpaired) electrons. The number of ether oxygens (including phenoxy) is 3. The van der Waals surface area contributed by atoms with Crippen LogP contribution in [0.5, 0.6) is 0 Å². The van der Waals surface area contributed by atoms with Gasteiger partial charge in [0.05, 0.1) is 37.9 Å². The van der Waals surface area contributed by atoms with Crippen LogP contribution in [0.2, 0.25) is 0 Å². The molecule has 2 N–H and O–H groups in total. The van der Waals surface area contributed by atoms with Crippen molar-refractivity contribution >= 4 is 5.97 Å². The molecule has 0 amide bonds. The van der Waals surface area contributed by atoms with Crippen LogP contribution in [0.1, 0.15) is 119 Å². The maximum absolute atomic E-state index is 13.4. The van der Waals surface area contributed by atoms with Gasteiger partial charge in [-0.25, -0.2) is 0 Å². The van der Waals surface area contributed by atoms with Crippen molar-refractivity contribution in [3.05, 3.63) is 11.6 Å². The molecule has 45 heavy (non-hydrogen) atoms. The topological polar surface area (TPSA) is 77.0 Å². The van der Waals surface area contributed by atoms with Crippen LogP contribution in [0.4, 0.5) is 0 Å². The quantitative estimate of drug-likeness (QED) is 0.267. The van der Waals surface area contributed by atoms with E-state index in [-0.39, 0.29) is 50.7 Å². The number of carboxylic acids is 1. The number of nitrogens with one attached hydrogen (secondary N) is 1. The zero-order valence-corrected chi connectivity index (χ0v) is 30.1. The van der Waals surface area contributed by atoms with Crippen molar-refractivity contribution in [2.24, 2.45) is 56.7 Å². The fourth-order valence-corrected chi connectivity index (χ4v) is 13.0. The molecular weight excluding hydrogens is 562 g/mol. The van der Waals surface area contributed by atoms with E-state index in [0.29, 0.717) is 23.7 Å². The van der Waals surface area contributed by atoms with Crippen LogP contribution < -0.4 is 5.32 Å². The van der Waals surface area contributed by atoms with Gasteiger partial charge in [-0.05, 0) is 98.3 Å². The van der Waals surface area contributed by atoms with Crippen LogP contribution in [0.3, 0.4) is 0 Å². The number of hydrogen-bond acceptors (Lipinski definition) is 5.